The minimum atomic E-state index is -4.70. The van der Waals surface area contributed by atoms with Gasteiger partial charge in [0.15, 0.2) is 0 Å². The summed E-state index contributed by atoms with van der Waals surface area (Å²) in [6.07, 6.45) is -1.89. The van der Waals surface area contributed by atoms with Crippen molar-refractivity contribution in [2.75, 3.05) is 4.72 Å². The number of sulfonamides is 1. The molecule has 0 saturated heterocycles. The van der Waals surface area contributed by atoms with Crippen LogP contribution in [0.25, 0.3) is 5.69 Å². The summed E-state index contributed by atoms with van der Waals surface area (Å²) in [5.41, 5.74) is -1.78. The standard InChI is InChI=1S/C17H12F3N3O4S/c18-17(19,20)12-5-6-15(23-8-2-7-21-23)14(10-12)22-28(26,27)13-4-1-3-11(9-13)16(24)25/h1-10,22H,(H,24,25)/p-1. The fraction of sp³-hybridized carbons (Fsp3) is 0.0588. The molecule has 0 spiro atoms. The number of alkyl halides is 3. The van der Waals surface area contributed by atoms with Crippen molar-refractivity contribution in [3.8, 4) is 5.69 Å². The molecule has 0 aliphatic rings. The van der Waals surface area contributed by atoms with Crippen LogP contribution in [-0.2, 0) is 16.2 Å². The number of hydrogen-bond acceptors (Lipinski definition) is 5. The number of nitrogens with zero attached hydrogens (tertiary/aromatic N) is 2. The van der Waals surface area contributed by atoms with Gasteiger partial charge in [-0.2, -0.15) is 18.3 Å². The van der Waals surface area contributed by atoms with Gasteiger partial charge in [-0.15, -0.1) is 0 Å². The highest BCUT2D eigenvalue weighted by Crippen LogP contribution is 2.34. The van der Waals surface area contributed by atoms with Crippen molar-refractivity contribution in [1.82, 2.24) is 9.78 Å². The summed E-state index contributed by atoms with van der Waals surface area (Å²) >= 11 is 0. The molecule has 1 aromatic heterocycles. The largest absolute Gasteiger partial charge is 0.545 e. The van der Waals surface area contributed by atoms with Crippen molar-refractivity contribution in [2.45, 2.75) is 11.1 Å². The van der Waals surface area contributed by atoms with Crippen LogP contribution in [0.3, 0.4) is 0 Å². The Balaban J connectivity index is 2.09. The monoisotopic (exact) mass is 410 g/mol. The first-order chi connectivity index (χ1) is 13.1. The molecule has 1 N–H and O–H groups in total. The minimum Gasteiger partial charge on any atom is -0.545 e. The Labute approximate surface area is 157 Å². The molecular weight excluding hydrogens is 399 g/mol. The van der Waals surface area contributed by atoms with Gasteiger partial charge in [0.05, 0.1) is 27.8 Å². The number of carbonyl (C=O) groups excluding carboxylic acids is 1. The molecule has 7 nitrogen and oxygen atoms in total. The fourth-order valence-corrected chi connectivity index (χ4v) is 3.51. The molecule has 0 saturated carbocycles. The van der Waals surface area contributed by atoms with Crippen molar-refractivity contribution in [3.05, 3.63) is 72.1 Å². The number of halogens is 3. The predicted octanol–water partition coefficient (Wildman–Crippen LogP) is 2.06. The van der Waals surface area contributed by atoms with Crippen LogP contribution in [0.5, 0.6) is 0 Å². The smallest absolute Gasteiger partial charge is 0.416 e. The lowest BCUT2D eigenvalue weighted by Gasteiger charge is -2.16. The highest BCUT2D eigenvalue weighted by Gasteiger charge is 2.32. The molecule has 0 aliphatic carbocycles. The summed E-state index contributed by atoms with van der Waals surface area (Å²) in [5, 5.41) is 14.8. The number of aromatic carboxylic acids is 1. The summed E-state index contributed by atoms with van der Waals surface area (Å²) in [6.45, 7) is 0. The lowest BCUT2D eigenvalue weighted by Crippen LogP contribution is -2.23. The second kappa shape index (κ2) is 7.00. The van der Waals surface area contributed by atoms with Gasteiger partial charge in [0.1, 0.15) is 0 Å². The molecule has 1 heterocycles. The normalized spacial score (nSPS) is 12.0. The molecule has 0 unspecified atom stereocenters. The Bertz CT molecular complexity index is 1130. The van der Waals surface area contributed by atoms with Crippen LogP contribution in [-0.4, -0.2) is 24.2 Å². The van der Waals surface area contributed by atoms with Crippen LogP contribution >= 0.6 is 0 Å². The predicted molar refractivity (Wildman–Crippen MR) is 90.1 cm³/mol. The van der Waals surface area contributed by atoms with E-state index in [9.17, 15) is 31.5 Å². The molecule has 0 bridgehead atoms. The highest BCUT2D eigenvalue weighted by molar-refractivity contribution is 7.92. The summed E-state index contributed by atoms with van der Waals surface area (Å²) in [7, 11) is -4.39. The zero-order chi connectivity index (χ0) is 20.5. The second-order valence-corrected chi connectivity index (χ2v) is 7.28. The van der Waals surface area contributed by atoms with E-state index in [-0.39, 0.29) is 16.9 Å². The van der Waals surface area contributed by atoms with Gasteiger partial charge in [-0.05, 0) is 42.0 Å². The maximum atomic E-state index is 13.1. The van der Waals surface area contributed by atoms with Crippen LogP contribution in [0.2, 0.25) is 0 Å². The Morgan fingerprint density at radius 3 is 2.46 bits per heavy atom. The topological polar surface area (TPSA) is 104 Å². The number of hydrogen-bond donors (Lipinski definition) is 1. The van der Waals surface area contributed by atoms with E-state index in [1.807, 2.05) is 0 Å². The molecule has 3 aromatic rings. The van der Waals surface area contributed by atoms with Gasteiger partial charge in [-0.1, -0.05) is 12.1 Å². The molecular formula is C17H11F3N3O4S-. The van der Waals surface area contributed by atoms with Crippen molar-refractivity contribution < 1.29 is 31.5 Å². The van der Waals surface area contributed by atoms with Crippen LogP contribution in [0.4, 0.5) is 18.9 Å². The van der Waals surface area contributed by atoms with Gasteiger partial charge < -0.3 is 9.90 Å². The van der Waals surface area contributed by atoms with Gasteiger partial charge in [0.2, 0.25) is 0 Å². The maximum Gasteiger partial charge on any atom is 0.416 e. The summed E-state index contributed by atoms with van der Waals surface area (Å²) in [5.74, 6) is -1.59. The van der Waals surface area contributed by atoms with E-state index >= 15 is 0 Å². The quantitative estimate of drug-likeness (QED) is 0.693. The van der Waals surface area contributed by atoms with Gasteiger partial charge >= 0.3 is 6.18 Å². The molecule has 0 fully saturated rings. The SMILES string of the molecule is O=C([O-])c1cccc(S(=O)(=O)Nc2cc(C(F)(F)F)ccc2-n2cccn2)c1. The van der Waals surface area contributed by atoms with Gasteiger partial charge in [0, 0.05) is 12.4 Å². The number of benzene rings is 2. The van der Waals surface area contributed by atoms with Crippen molar-refractivity contribution in [3.63, 3.8) is 0 Å². The summed E-state index contributed by atoms with van der Waals surface area (Å²) < 4.78 is 67.7. The minimum absolute atomic E-state index is 0.0534. The molecule has 0 radical (unpaired) electrons. The van der Waals surface area contributed by atoms with E-state index in [0.29, 0.717) is 6.07 Å². The lowest BCUT2D eigenvalue weighted by molar-refractivity contribution is -0.255. The van der Waals surface area contributed by atoms with Crippen molar-refractivity contribution >= 4 is 21.7 Å². The Morgan fingerprint density at radius 1 is 1.11 bits per heavy atom. The van der Waals surface area contributed by atoms with Crippen LogP contribution in [0, 0.1) is 0 Å². The highest BCUT2D eigenvalue weighted by atomic mass is 32.2. The Hall–Kier alpha value is -3.34. The number of nitrogens with one attached hydrogen (secondary N) is 1. The first-order valence-electron chi connectivity index (χ1n) is 7.63. The van der Waals surface area contributed by atoms with E-state index in [1.54, 1.807) is 0 Å². The molecule has 28 heavy (non-hydrogen) atoms. The molecule has 2 aromatic carbocycles. The average molecular weight is 410 g/mol. The average Bonchev–Trinajstić information content (AvgIpc) is 3.15. The van der Waals surface area contributed by atoms with Gasteiger partial charge in [-0.25, -0.2) is 13.1 Å². The molecule has 0 amide bonds. The first-order valence-corrected chi connectivity index (χ1v) is 9.12. The Morgan fingerprint density at radius 2 is 1.86 bits per heavy atom. The third-order valence-corrected chi connectivity index (χ3v) is 5.06. The second-order valence-electron chi connectivity index (χ2n) is 5.60. The number of aromatic nitrogens is 2. The molecule has 3 rings (SSSR count). The molecule has 146 valence electrons. The van der Waals surface area contributed by atoms with Crippen molar-refractivity contribution in [1.29, 1.82) is 0 Å². The number of anilines is 1. The third kappa shape index (κ3) is 3.98. The lowest BCUT2D eigenvalue weighted by atomic mass is 10.1. The molecule has 0 aliphatic heterocycles. The summed E-state index contributed by atoms with van der Waals surface area (Å²) in [4.78, 5) is 10.5. The van der Waals surface area contributed by atoms with E-state index < -0.39 is 32.6 Å². The van der Waals surface area contributed by atoms with E-state index in [0.717, 1.165) is 30.3 Å². The van der Waals surface area contributed by atoms with Crippen molar-refractivity contribution in [2.24, 2.45) is 0 Å². The third-order valence-electron chi connectivity index (χ3n) is 3.70. The molecule has 11 heteroatoms. The van der Waals surface area contributed by atoms with Crippen LogP contribution in [0.1, 0.15) is 15.9 Å². The maximum absolute atomic E-state index is 13.1. The number of carboxylic acid groups (broad SMARTS) is 1. The van der Waals surface area contributed by atoms with Gasteiger partial charge in [-0.3, -0.25) is 4.72 Å². The van der Waals surface area contributed by atoms with E-state index in [2.05, 4.69) is 9.82 Å². The van der Waals surface area contributed by atoms with Crippen LogP contribution in [0.15, 0.2) is 65.8 Å². The van der Waals surface area contributed by atoms with E-state index in [1.165, 1.54) is 29.2 Å². The number of carboxylic acids is 1. The summed E-state index contributed by atoms with van der Waals surface area (Å²) in [6, 6.07) is 8.29. The number of carbonyl (C=O) groups is 1. The number of rotatable bonds is 5. The van der Waals surface area contributed by atoms with Crippen LogP contribution < -0.4 is 9.83 Å². The van der Waals surface area contributed by atoms with E-state index in [4.69, 9.17) is 0 Å². The van der Waals surface area contributed by atoms with Gasteiger partial charge in [0.25, 0.3) is 10.0 Å². The zero-order valence-electron chi connectivity index (χ0n) is 13.8. The first kappa shape index (κ1) is 19.4. The Kier molecular flexibility index (Phi) is 4.86. The molecule has 0 atom stereocenters. The zero-order valence-corrected chi connectivity index (χ0v) is 14.7. The fourth-order valence-electron chi connectivity index (χ4n) is 2.40.